The molecule has 1 saturated heterocycles. The Labute approximate surface area is 110 Å². The zero-order valence-corrected chi connectivity index (χ0v) is 10.6. The van der Waals surface area contributed by atoms with Gasteiger partial charge in [0, 0.05) is 19.6 Å². The molecule has 0 spiro atoms. The third-order valence-electron chi connectivity index (χ3n) is 3.14. The number of nitrogens with one attached hydrogen (secondary N) is 1. The zero-order chi connectivity index (χ0) is 13.8. The maximum Gasteiger partial charge on any atom is 0.341 e. The third-order valence-corrected chi connectivity index (χ3v) is 3.14. The van der Waals surface area contributed by atoms with Gasteiger partial charge in [0.15, 0.2) is 0 Å². The molecule has 104 valence electrons. The lowest BCUT2D eigenvalue weighted by Gasteiger charge is -2.32. The maximum absolute atomic E-state index is 11.5. The smallest absolute Gasteiger partial charge is 0.341 e. The molecule has 19 heavy (non-hydrogen) atoms. The van der Waals surface area contributed by atoms with Crippen LogP contribution in [0.1, 0.15) is 16.1 Å². The van der Waals surface area contributed by atoms with Crippen LogP contribution in [0.25, 0.3) is 0 Å². The summed E-state index contributed by atoms with van der Waals surface area (Å²) in [5.74, 6) is -0.941. The minimum absolute atomic E-state index is 0.274. The molecule has 1 aromatic heterocycles. The highest BCUT2D eigenvalue weighted by Crippen LogP contribution is 2.17. The van der Waals surface area contributed by atoms with Crippen molar-refractivity contribution in [2.24, 2.45) is 0 Å². The van der Waals surface area contributed by atoms with Crippen molar-refractivity contribution >= 4 is 11.9 Å². The molecule has 0 radical (unpaired) electrons. The number of nitrogens with zero attached hydrogens (tertiary/aromatic N) is 1. The Bertz CT molecular complexity index is 470. The van der Waals surface area contributed by atoms with Gasteiger partial charge in [0.2, 0.25) is 0 Å². The number of carbonyl (C=O) groups excluding carboxylic acids is 1. The highest BCUT2D eigenvalue weighted by Gasteiger charge is 2.30. The van der Waals surface area contributed by atoms with Crippen molar-refractivity contribution in [1.82, 2.24) is 10.2 Å². The number of ether oxygens (including phenoxy) is 1. The molecule has 0 aliphatic carbocycles. The summed E-state index contributed by atoms with van der Waals surface area (Å²) in [6.07, 6.45) is 1.40. The van der Waals surface area contributed by atoms with Crippen molar-refractivity contribution in [3.63, 3.8) is 0 Å². The number of esters is 1. The van der Waals surface area contributed by atoms with Crippen LogP contribution >= 0.6 is 0 Å². The van der Waals surface area contributed by atoms with E-state index in [-0.39, 0.29) is 6.54 Å². The van der Waals surface area contributed by atoms with Gasteiger partial charge >= 0.3 is 11.9 Å². The average Bonchev–Trinajstić information content (AvgIpc) is 2.86. The number of carboxylic acid groups (broad SMARTS) is 1. The molecule has 7 heteroatoms. The van der Waals surface area contributed by atoms with Gasteiger partial charge in [-0.3, -0.25) is 9.69 Å². The van der Waals surface area contributed by atoms with E-state index in [1.165, 1.54) is 19.4 Å². The lowest BCUT2D eigenvalue weighted by molar-refractivity contribution is -0.144. The van der Waals surface area contributed by atoms with Gasteiger partial charge in [-0.2, -0.15) is 0 Å². The van der Waals surface area contributed by atoms with E-state index in [1.807, 2.05) is 0 Å². The Morgan fingerprint density at radius 1 is 1.63 bits per heavy atom. The van der Waals surface area contributed by atoms with Crippen LogP contribution in [-0.2, 0) is 16.1 Å². The van der Waals surface area contributed by atoms with Crippen molar-refractivity contribution in [3.8, 4) is 0 Å². The molecule has 2 rings (SSSR count). The van der Waals surface area contributed by atoms with Gasteiger partial charge in [-0.25, -0.2) is 4.79 Å². The minimum atomic E-state index is -0.890. The van der Waals surface area contributed by atoms with E-state index in [9.17, 15) is 9.59 Å². The Morgan fingerprint density at radius 2 is 2.42 bits per heavy atom. The van der Waals surface area contributed by atoms with E-state index in [1.54, 1.807) is 4.90 Å². The lowest BCUT2D eigenvalue weighted by atomic mass is 10.1. The minimum Gasteiger partial charge on any atom is -0.480 e. The molecular formula is C12H16N2O5. The number of hydrogen-bond acceptors (Lipinski definition) is 6. The van der Waals surface area contributed by atoms with Gasteiger partial charge in [-0.15, -0.1) is 0 Å². The van der Waals surface area contributed by atoms with Gasteiger partial charge in [0.1, 0.15) is 17.4 Å². The van der Waals surface area contributed by atoms with Gasteiger partial charge in [-0.1, -0.05) is 0 Å². The van der Waals surface area contributed by atoms with Crippen LogP contribution < -0.4 is 5.32 Å². The number of rotatable bonds is 4. The van der Waals surface area contributed by atoms with Gasteiger partial charge in [0.25, 0.3) is 0 Å². The highest BCUT2D eigenvalue weighted by atomic mass is 16.5. The largest absolute Gasteiger partial charge is 0.480 e. The van der Waals surface area contributed by atoms with E-state index < -0.39 is 18.0 Å². The number of aliphatic carboxylic acids is 1. The third kappa shape index (κ3) is 2.94. The summed E-state index contributed by atoms with van der Waals surface area (Å²) in [5.41, 5.74) is 0.338. The van der Waals surface area contributed by atoms with Crippen molar-refractivity contribution in [2.45, 2.75) is 12.6 Å². The molecule has 0 aromatic carbocycles. The Morgan fingerprint density at radius 3 is 3.11 bits per heavy atom. The normalized spacial score (nSPS) is 20.2. The molecule has 0 saturated carbocycles. The summed E-state index contributed by atoms with van der Waals surface area (Å²) in [5, 5.41) is 12.2. The molecule has 1 aliphatic rings. The molecule has 7 nitrogen and oxygen atoms in total. The standard InChI is InChI=1S/C12H16N2O5/c1-18-12(17)8-2-5-19-10(8)7-14-4-3-13-6-9(14)11(15)16/h2,5,9,13H,3-4,6-7H2,1H3,(H,15,16). The molecule has 0 amide bonds. The molecule has 1 atom stereocenters. The van der Waals surface area contributed by atoms with E-state index in [4.69, 9.17) is 9.52 Å². The van der Waals surface area contributed by atoms with E-state index >= 15 is 0 Å². The fourth-order valence-electron chi connectivity index (χ4n) is 2.12. The van der Waals surface area contributed by atoms with Crippen LogP contribution in [0, 0.1) is 0 Å². The fourth-order valence-corrected chi connectivity index (χ4v) is 2.12. The topological polar surface area (TPSA) is 92.0 Å². The SMILES string of the molecule is COC(=O)c1ccoc1CN1CCNCC1C(=O)O. The van der Waals surface area contributed by atoms with Gasteiger partial charge in [0.05, 0.1) is 19.9 Å². The summed E-state index contributed by atoms with van der Waals surface area (Å²) >= 11 is 0. The molecule has 0 bridgehead atoms. The molecule has 2 heterocycles. The summed E-state index contributed by atoms with van der Waals surface area (Å²) in [7, 11) is 1.30. The summed E-state index contributed by atoms with van der Waals surface area (Å²) in [6.45, 7) is 1.94. The van der Waals surface area contributed by atoms with Gasteiger partial charge in [-0.05, 0) is 6.07 Å². The van der Waals surface area contributed by atoms with Crippen molar-refractivity contribution in [2.75, 3.05) is 26.7 Å². The number of furan rings is 1. The highest BCUT2D eigenvalue weighted by molar-refractivity contribution is 5.90. The zero-order valence-electron chi connectivity index (χ0n) is 10.6. The molecule has 1 aliphatic heterocycles. The second-order valence-electron chi connectivity index (χ2n) is 4.28. The Kier molecular flexibility index (Phi) is 4.18. The van der Waals surface area contributed by atoms with Gasteiger partial charge < -0.3 is 19.6 Å². The van der Waals surface area contributed by atoms with Crippen molar-refractivity contribution in [3.05, 3.63) is 23.7 Å². The number of methoxy groups -OCH3 is 1. The number of piperazine rings is 1. The van der Waals surface area contributed by atoms with Crippen LogP contribution in [0.5, 0.6) is 0 Å². The first-order chi connectivity index (χ1) is 9.13. The second kappa shape index (κ2) is 5.85. The Hall–Kier alpha value is -1.86. The maximum atomic E-state index is 11.5. The predicted octanol–water partition coefficient (Wildman–Crippen LogP) is -0.0754. The van der Waals surface area contributed by atoms with Crippen LogP contribution in [-0.4, -0.2) is 54.7 Å². The van der Waals surface area contributed by atoms with E-state index in [2.05, 4.69) is 10.1 Å². The first-order valence-corrected chi connectivity index (χ1v) is 5.95. The summed E-state index contributed by atoms with van der Waals surface area (Å²) in [4.78, 5) is 24.5. The van der Waals surface area contributed by atoms with Crippen LogP contribution in [0.4, 0.5) is 0 Å². The number of carbonyl (C=O) groups is 2. The second-order valence-corrected chi connectivity index (χ2v) is 4.28. The quantitative estimate of drug-likeness (QED) is 0.738. The predicted molar refractivity (Wildman–Crippen MR) is 64.8 cm³/mol. The van der Waals surface area contributed by atoms with E-state index in [0.717, 1.165) is 0 Å². The summed E-state index contributed by atoms with van der Waals surface area (Å²) < 4.78 is 9.92. The first kappa shape index (κ1) is 13.6. The lowest BCUT2D eigenvalue weighted by Crippen LogP contribution is -2.54. The van der Waals surface area contributed by atoms with Crippen molar-refractivity contribution < 1.29 is 23.8 Å². The van der Waals surface area contributed by atoms with Crippen LogP contribution in [0.15, 0.2) is 16.7 Å². The number of hydrogen-bond donors (Lipinski definition) is 2. The van der Waals surface area contributed by atoms with E-state index in [0.29, 0.717) is 31.0 Å². The fraction of sp³-hybridized carbons (Fsp3) is 0.500. The molecule has 1 aromatic rings. The van der Waals surface area contributed by atoms with Crippen LogP contribution in [0.2, 0.25) is 0 Å². The molecule has 1 fully saturated rings. The average molecular weight is 268 g/mol. The summed E-state index contributed by atoms with van der Waals surface area (Å²) in [6, 6.07) is 0.906. The van der Waals surface area contributed by atoms with Crippen LogP contribution in [0.3, 0.4) is 0 Å². The molecule has 1 unspecified atom stereocenters. The Balaban J connectivity index is 2.13. The molecular weight excluding hydrogens is 252 g/mol. The number of carboxylic acids is 1. The first-order valence-electron chi connectivity index (χ1n) is 5.95. The van der Waals surface area contributed by atoms with Crippen molar-refractivity contribution in [1.29, 1.82) is 0 Å². The molecule has 2 N–H and O–H groups in total. The monoisotopic (exact) mass is 268 g/mol.